The standard InChI is InChI=1S/6CHNS.Fe.H3N.4H2O/c6*2-1-3;;;;;;/h6*3H;;1H3;4*1H2/q;;;;;;+6;;;;;/p-6. The topological polar surface area (TPSA) is 304 Å². The third kappa shape index (κ3) is 7.08. The van der Waals surface area contributed by atoms with Crippen molar-refractivity contribution in [2.24, 2.45) is 0 Å². The van der Waals surface area contributed by atoms with E-state index in [0.717, 1.165) is 0 Å². The summed E-state index contributed by atoms with van der Waals surface area (Å²) in [5, 5.41) is 64.4. The van der Waals surface area contributed by atoms with Gasteiger partial charge in [0.15, 0.2) is 0 Å². The molecule has 0 rings (SSSR count). The molecule has 0 aromatic carbocycles. The minimum absolute atomic E-state index is 0. The van der Waals surface area contributed by atoms with Crippen molar-refractivity contribution in [3.8, 4) is 32.4 Å². The van der Waals surface area contributed by atoms with Gasteiger partial charge in [0.05, 0.1) is 0 Å². The van der Waals surface area contributed by atoms with E-state index < -0.39 is 4.01 Å². The summed E-state index contributed by atoms with van der Waals surface area (Å²) in [4.78, 5) is 0. The van der Waals surface area contributed by atoms with E-state index in [4.69, 9.17) is 31.6 Å². The van der Waals surface area contributed by atoms with Crippen molar-refractivity contribution in [2.45, 2.75) is 0 Å². The number of hydrogen-bond donors (Lipinski definition) is 1. The summed E-state index contributed by atoms with van der Waals surface area (Å²) in [6, 6.07) is 0. The maximum Gasteiger partial charge on any atom is -0.412 e. The summed E-state index contributed by atoms with van der Waals surface area (Å²) >= 11 is 0. The quantitative estimate of drug-likeness (QED) is 0.396. The zero-order valence-corrected chi connectivity index (χ0v) is 17.2. The van der Waals surface area contributed by atoms with E-state index in [1.54, 1.807) is 32.4 Å². The molecule has 0 unspecified atom stereocenters. The summed E-state index contributed by atoms with van der Waals surface area (Å²) < 4.78 is -4.90. The van der Waals surface area contributed by atoms with Gasteiger partial charge >= 0.3 is 129 Å². The van der Waals surface area contributed by atoms with E-state index >= 15 is 0 Å². The van der Waals surface area contributed by atoms with Gasteiger partial charge in [0, 0.05) is 0 Å². The van der Waals surface area contributed by atoms with Crippen LogP contribution in [0.4, 0.5) is 0 Å². The molecule has 0 fully saturated rings. The van der Waals surface area contributed by atoms with Crippen molar-refractivity contribution in [3.05, 3.63) is 0 Å². The van der Waals surface area contributed by atoms with Crippen molar-refractivity contribution < 1.29 is 25.9 Å². The fourth-order valence-corrected chi connectivity index (χ4v) is 22.9. The van der Waals surface area contributed by atoms with Crippen molar-refractivity contribution >= 4 is 61.1 Å². The molecule has 0 aliphatic rings. The maximum atomic E-state index is 9.00. The molecule has 0 saturated carbocycles. The number of nitrogens with zero attached hydrogens (tertiary/aromatic N) is 6. The van der Waals surface area contributed by atoms with Gasteiger partial charge < -0.3 is 28.1 Å². The number of hydrogen-bond acceptors (Lipinski definition) is 13. The predicted octanol–water partition coefficient (Wildman–Crippen LogP) is 0.851. The van der Waals surface area contributed by atoms with Gasteiger partial charge in [0.1, 0.15) is 0 Å². The number of rotatable bonds is 6. The number of thiocyanates is 6. The van der Waals surface area contributed by atoms with Gasteiger partial charge in [-0.05, 0) is 0 Å². The molecule has 0 radical (unpaired) electrons. The maximum absolute atomic E-state index is 9.00. The average Bonchev–Trinajstić information content (AvgIpc) is 2.31. The second-order valence-electron chi connectivity index (χ2n) is 1.86. The molecule has 24 heavy (non-hydrogen) atoms. The van der Waals surface area contributed by atoms with E-state index in [9.17, 15) is 0 Å². The molecule has 11 nitrogen and oxygen atoms in total. The van der Waals surface area contributed by atoms with Gasteiger partial charge in [-0.15, -0.1) is 0 Å². The first-order valence-corrected chi connectivity index (χ1v) is 15.7. The van der Waals surface area contributed by atoms with Crippen LogP contribution in [0, 0.1) is 64.0 Å². The Balaban J connectivity index is -0.000000162. The van der Waals surface area contributed by atoms with Gasteiger partial charge in [-0.25, -0.2) is 0 Å². The second-order valence-corrected chi connectivity index (χ2v) is 39.8. The van der Waals surface area contributed by atoms with E-state index in [-0.39, 0.29) is 28.1 Å². The molecule has 11 N–H and O–H groups in total. The largest absolute Gasteiger partial charge is 0.412 e. The van der Waals surface area contributed by atoms with Crippen LogP contribution in [0.25, 0.3) is 0 Å². The average molecular weight is 493 g/mol. The van der Waals surface area contributed by atoms with Crippen molar-refractivity contribution in [2.75, 3.05) is 0 Å². The third-order valence-electron chi connectivity index (χ3n) is 1.08. The Bertz CT molecular complexity index is 492. The molecule has 138 valence electrons. The zero-order chi connectivity index (χ0) is 14.9. The van der Waals surface area contributed by atoms with Crippen LogP contribution >= 0.6 is 61.1 Å². The van der Waals surface area contributed by atoms with Gasteiger partial charge in [-0.2, -0.15) is 0 Å². The van der Waals surface area contributed by atoms with Crippen LogP contribution in [0.1, 0.15) is 0 Å². The van der Waals surface area contributed by atoms with Crippen molar-refractivity contribution in [3.63, 3.8) is 0 Å². The van der Waals surface area contributed by atoms with Crippen molar-refractivity contribution in [1.29, 1.82) is 31.6 Å². The van der Waals surface area contributed by atoms with Crippen LogP contribution in [0.15, 0.2) is 0 Å². The SMILES string of the molecule is N.N#C[S][Fe]([S]C#N)([S]C#N)([S]C#N)([S]C#N)[S]C#N.O.O.O.O. The minimum Gasteiger partial charge on any atom is -0.412 e. The fourth-order valence-electron chi connectivity index (χ4n) is 0.616. The Morgan fingerprint density at radius 3 is 0.625 bits per heavy atom. The molecule has 0 aliphatic carbocycles. The van der Waals surface area contributed by atoms with Crippen molar-refractivity contribution in [1.82, 2.24) is 6.15 Å². The molecule has 0 aliphatic heterocycles. The Labute approximate surface area is 156 Å². The molecule has 18 heteroatoms. The minimum atomic E-state index is -4.90. The van der Waals surface area contributed by atoms with E-state index in [2.05, 4.69) is 0 Å². The summed E-state index contributed by atoms with van der Waals surface area (Å²) in [6.45, 7) is 0. The zero-order valence-electron chi connectivity index (χ0n) is 11.2. The molecule has 0 spiro atoms. The van der Waals surface area contributed by atoms with E-state index in [0.29, 0.717) is 61.1 Å². The predicted molar refractivity (Wildman–Crippen MR) is 98.7 cm³/mol. The van der Waals surface area contributed by atoms with Crippen LogP contribution in [0.3, 0.4) is 0 Å². The molecule has 0 atom stereocenters. The Morgan fingerprint density at radius 1 is 0.417 bits per heavy atom. The van der Waals surface area contributed by atoms with E-state index in [1.807, 2.05) is 0 Å². The van der Waals surface area contributed by atoms with Crippen LogP contribution in [-0.4, -0.2) is 21.9 Å². The molecule has 0 saturated heterocycles. The Kier molecular flexibility index (Phi) is 23.7. The van der Waals surface area contributed by atoms with Crippen LogP contribution < -0.4 is 6.15 Å². The summed E-state index contributed by atoms with van der Waals surface area (Å²) in [6.07, 6.45) is 0. The smallest absolute Gasteiger partial charge is 0.412 e. The second kappa shape index (κ2) is 14.7. The molecule has 0 amide bonds. The number of nitriles is 6. The fraction of sp³-hybridized carbons (Fsp3) is 0. The van der Waals surface area contributed by atoms with Gasteiger partial charge in [0.2, 0.25) is 0 Å². The van der Waals surface area contributed by atoms with Crippen LogP contribution in [0.2, 0.25) is 0 Å². The molecular formula is C6H11FeN7O4S6. The van der Waals surface area contributed by atoms with Crippen LogP contribution in [-0.2, 0) is 4.01 Å². The first-order valence-electron chi connectivity index (χ1n) is 3.43. The van der Waals surface area contributed by atoms with Gasteiger partial charge in [-0.1, -0.05) is 0 Å². The van der Waals surface area contributed by atoms with Crippen LogP contribution in [0.5, 0.6) is 0 Å². The molecular weight excluding hydrogens is 482 g/mol. The normalized spacial score (nSPS) is 10.2. The molecule has 0 aromatic heterocycles. The summed E-state index contributed by atoms with van der Waals surface area (Å²) in [5.74, 6) is 0. The molecule has 0 heterocycles. The third-order valence-corrected chi connectivity index (χ3v) is 35.2. The summed E-state index contributed by atoms with van der Waals surface area (Å²) in [7, 11) is 2.97. The van der Waals surface area contributed by atoms with Gasteiger partial charge in [-0.3, -0.25) is 0 Å². The summed E-state index contributed by atoms with van der Waals surface area (Å²) in [5.41, 5.74) is 0. The van der Waals surface area contributed by atoms with Gasteiger partial charge in [0.25, 0.3) is 0 Å². The first-order chi connectivity index (χ1) is 8.97. The molecule has 0 bridgehead atoms. The first kappa shape index (κ1) is 38.8. The Hall–Kier alpha value is -0.641. The molecule has 0 aromatic rings. The monoisotopic (exact) mass is 493 g/mol. The van der Waals surface area contributed by atoms with E-state index in [1.165, 1.54) is 0 Å². The Morgan fingerprint density at radius 2 is 0.542 bits per heavy atom.